The minimum Gasteiger partial charge on any atom is -0.504 e. The highest BCUT2D eigenvalue weighted by molar-refractivity contribution is 7.99. The molecule has 7 rings (SSSR count). The molecule has 1 atom stereocenters. The Hall–Kier alpha value is -4.85. The van der Waals surface area contributed by atoms with Gasteiger partial charge in [0.05, 0.1) is 6.20 Å². The number of hydrogen-bond acceptors (Lipinski definition) is 8. The van der Waals surface area contributed by atoms with Crippen LogP contribution in [0.15, 0.2) is 95.8 Å². The second-order valence-electron chi connectivity index (χ2n) is 12.8. The van der Waals surface area contributed by atoms with Crippen molar-refractivity contribution in [2.75, 3.05) is 24.6 Å². The molecule has 258 valence electrons. The number of ether oxygens (including phenoxy) is 1. The molecule has 1 saturated carbocycles. The normalized spacial score (nSPS) is 23.4. The minimum atomic E-state index is -0.708. The van der Waals surface area contributed by atoms with Crippen LogP contribution >= 0.6 is 11.8 Å². The summed E-state index contributed by atoms with van der Waals surface area (Å²) in [4.78, 5) is 36.5. The molecule has 1 aromatic heterocycles. The number of fused-ring (bicyclic) bond motifs is 1. The lowest BCUT2D eigenvalue weighted by Gasteiger charge is -2.40. The molecule has 1 saturated heterocycles. The Morgan fingerprint density at radius 3 is 2.54 bits per heavy atom. The molecular formula is C37H37F2N6O4S+. The van der Waals surface area contributed by atoms with Crippen molar-refractivity contribution >= 4 is 29.4 Å². The number of halogens is 2. The maximum Gasteiger partial charge on any atom is 0.273 e. The number of pyridine rings is 1. The lowest BCUT2D eigenvalue weighted by Crippen LogP contribution is -2.53. The summed E-state index contributed by atoms with van der Waals surface area (Å²) in [6.45, 7) is 2.24. The van der Waals surface area contributed by atoms with E-state index in [9.17, 15) is 23.5 Å². The maximum absolute atomic E-state index is 14.6. The summed E-state index contributed by atoms with van der Waals surface area (Å²) in [7, 11) is 0. The summed E-state index contributed by atoms with van der Waals surface area (Å²) in [6, 6.07) is 13.9. The van der Waals surface area contributed by atoms with Crippen molar-refractivity contribution in [3.8, 4) is 28.5 Å². The summed E-state index contributed by atoms with van der Waals surface area (Å²) in [5.41, 5.74) is 8.03. The molecule has 4 N–H and O–H groups in total. The number of allylic oxidation sites excluding steroid dienone is 2. The molecular weight excluding hydrogens is 663 g/mol. The first-order chi connectivity index (χ1) is 24.2. The summed E-state index contributed by atoms with van der Waals surface area (Å²) >= 11 is 1.89. The quantitative estimate of drug-likeness (QED) is 0.237. The van der Waals surface area contributed by atoms with Gasteiger partial charge in [0.2, 0.25) is 11.7 Å². The molecule has 3 aliphatic heterocycles. The van der Waals surface area contributed by atoms with Crippen LogP contribution in [0.25, 0.3) is 11.1 Å². The Balaban J connectivity index is 1.12. The molecule has 13 heteroatoms. The number of quaternary nitrogens is 1. The molecule has 1 aliphatic carbocycles. The molecule has 2 amide bonds. The number of carbonyl (C=O) groups is 2. The summed E-state index contributed by atoms with van der Waals surface area (Å²) in [5, 5.41) is 14.1. The van der Waals surface area contributed by atoms with Gasteiger partial charge in [-0.15, -0.1) is 0 Å². The van der Waals surface area contributed by atoms with Gasteiger partial charge in [0.1, 0.15) is 29.8 Å². The maximum atomic E-state index is 14.6. The van der Waals surface area contributed by atoms with Crippen molar-refractivity contribution < 1.29 is 32.7 Å². The molecule has 0 spiro atoms. The third kappa shape index (κ3) is 6.80. The molecule has 2 fully saturated rings. The zero-order chi connectivity index (χ0) is 34.8. The SMILES string of the molecule is NC(=O)C1=C[N@@+]2(C3CCC(NC(=O)c4cc(F)cnc4Oc4c(O)ccc(-c5ccccc5)c4CN4CCSCC4)CC3)C=C(F)C=CC2=N1. The van der Waals surface area contributed by atoms with E-state index < -0.39 is 23.5 Å². The van der Waals surface area contributed by atoms with Crippen LogP contribution in [0, 0.1) is 5.82 Å². The van der Waals surface area contributed by atoms with E-state index in [0.717, 1.165) is 53.5 Å². The predicted molar refractivity (Wildman–Crippen MR) is 187 cm³/mol. The van der Waals surface area contributed by atoms with Crippen LogP contribution in [0.3, 0.4) is 0 Å². The first-order valence-corrected chi connectivity index (χ1v) is 17.8. The van der Waals surface area contributed by atoms with Crippen molar-refractivity contribution in [1.29, 1.82) is 0 Å². The van der Waals surface area contributed by atoms with Crippen LogP contribution in [0.4, 0.5) is 8.78 Å². The van der Waals surface area contributed by atoms with Crippen LogP contribution in [-0.2, 0) is 11.3 Å². The van der Waals surface area contributed by atoms with E-state index in [4.69, 9.17) is 10.5 Å². The van der Waals surface area contributed by atoms with Crippen molar-refractivity contribution in [3.05, 3.63) is 108 Å². The van der Waals surface area contributed by atoms with Crippen molar-refractivity contribution in [1.82, 2.24) is 15.2 Å². The van der Waals surface area contributed by atoms with Crippen molar-refractivity contribution in [2.45, 2.75) is 44.3 Å². The molecule has 0 radical (unpaired) electrons. The first-order valence-electron chi connectivity index (χ1n) is 16.6. The molecule has 2 aromatic carbocycles. The molecule has 0 unspecified atom stereocenters. The van der Waals surface area contributed by atoms with Gasteiger partial charge in [0.25, 0.3) is 11.8 Å². The molecule has 3 aromatic rings. The second-order valence-corrected chi connectivity index (χ2v) is 14.0. The molecule has 10 nitrogen and oxygen atoms in total. The third-order valence-corrected chi connectivity index (χ3v) is 10.6. The second kappa shape index (κ2) is 14.2. The number of aromatic hydroxyl groups is 1. The van der Waals surface area contributed by atoms with E-state index in [0.29, 0.717) is 38.1 Å². The monoisotopic (exact) mass is 699 g/mol. The predicted octanol–water partition coefficient (Wildman–Crippen LogP) is 5.91. The number of amidine groups is 1. The van der Waals surface area contributed by atoms with E-state index in [1.807, 2.05) is 48.2 Å². The fourth-order valence-corrected chi connectivity index (χ4v) is 8.11. The van der Waals surface area contributed by atoms with Crippen LogP contribution in [0.1, 0.15) is 41.6 Å². The van der Waals surface area contributed by atoms with Crippen LogP contribution in [-0.4, -0.2) is 73.8 Å². The highest BCUT2D eigenvalue weighted by Gasteiger charge is 2.47. The first kappa shape index (κ1) is 33.6. The largest absolute Gasteiger partial charge is 0.504 e. The lowest BCUT2D eigenvalue weighted by atomic mass is 9.88. The number of thioether (sulfide) groups is 1. The topological polar surface area (TPSA) is 130 Å². The summed E-state index contributed by atoms with van der Waals surface area (Å²) in [6.07, 6.45) is 9.10. The van der Waals surface area contributed by atoms with Gasteiger partial charge in [0.15, 0.2) is 23.0 Å². The summed E-state index contributed by atoms with van der Waals surface area (Å²) < 4.78 is 35.4. The molecule has 0 bridgehead atoms. The number of phenolic OH excluding ortho intramolecular Hbond substituents is 1. The highest BCUT2D eigenvalue weighted by atomic mass is 32.2. The van der Waals surface area contributed by atoms with Crippen LogP contribution < -0.4 is 15.8 Å². The lowest BCUT2D eigenvalue weighted by molar-refractivity contribution is -0.763. The molecule has 4 heterocycles. The number of carbonyl (C=O) groups excluding carboxylic acids is 2. The van der Waals surface area contributed by atoms with E-state index in [1.165, 1.54) is 12.3 Å². The number of rotatable bonds is 9. The molecule has 50 heavy (non-hydrogen) atoms. The van der Waals surface area contributed by atoms with Crippen LogP contribution in [0.2, 0.25) is 0 Å². The Morgan fingerprint density at radius 1 is 1.04 bits per heavy atom. The highest BCUT2D eigenvalue weighted by Crippen LogP contribution is 2.42. The zero-order valence-corrected chi connectivity index (χ0v) is 28.0. The number of amides is 2. The van der Waals surface area contributed by atoms with Gasteiger partial charge in [-0.1, -0.05) is 36.4 Å². The van der Waals surface area contributed by atoms with E-state index in [1.54, 1.807) is 18.3 Å². The number of primary amides is 1. The average molecular weight is 700 g/mol. The average Bonchev–Trinajstić information content (AvgIpc) is 3.52. The number of nitrogens with one attached hydrogen (secondary N) is 1. The van der Waals surface area contributed by atoms with Crippen molar-refractivity contribution in [3.63, 3.8) is 0 Å². The van der Waals surface area contributed by atoms with Gasteiger partial charge in [-0.2, -0.15) is 16.8 Å². The van der Waals surface area contributed by atoms with Gasteiger partial charge in [-0.25, -0.2) is 18.2 Å². The fourth-order valence-electron chi connectivity index (χ4n) is 7.13. The van der Waals surface area contributed by atoms with Gasteiger partial charge in [-0.3, -0.25) is 14.5 Å². The Morgan fingerprint density at radius 2 is 1.80 bits per heavy atom. The molecule has 4 aliphatic rings. The number of nitrogens with zero attached hydrogens (tertiary/aromatic N) is 4. The smallest absolute Gasteiger partial charge is 0.273 e. The van der Waals surface area contributed by atoms with Gasteiger partial charge < -0.3 is 20.9 Å². The number of aliphatic imine (C=N–C) groups is 1. The number of phenols is 1. The van der Waals surface area contributed by atoms with Crippen molar-refractivity contribution in [2.24, 2.45) is 10.7 Å². The summed E-state index contributed by atoms with van der Waals surface area (Å²) in [5.74, 6) is 0.00577. The van der Waals surface area contributed by atoms with Gasteiger partial charge in [0, 0.05) is 61.7 Å². The van der Waals surface area contributed by atoms with Crippen LogP contribution in [0.5, 0.6) is 17.4 Å². The van der Waals surface area contributed by atoms with Gasteiger partial charge in [-0.05, 0) is 42.2 Å². The Labute approximate surface area is 292 Å². The number of benzene rings is 2. The fraction of sp³-hybridized carbons (Fsp3) is 0.297. The van der Waals surface area contributed by atoms with Gasteiger partial charge >= 0.3 is 0 Å². The number of aromatic nitrogens is 1. The van der Waals surface area contributed by atoms with E-state index in [2.05, 4.69) is 20.2 Å². The Bertz CT molecular complexity index is 1940. The number of hydrogen-bond donors (Lipinski definition) is 3. The van der Waals surface area contributed by atoms with E-state index in [-0.39, 0.29) is 45.2 Å². The zero-order valence-electron chi connectivity index (χ0n) is 27.2. The van der Waals surface area contributed by atoms with E-state index >= 15 is 0 Å². The standard InChI is InChI=1S/C37H36F2N6O4S/c38-24-6-13-33-43-31(35(40)47)22-45(33,21-24)27-9-7-26(8-10-27)42-36(48)29-18-25(39)19-41-37(29)49-34-30(20-44-14-16-50-17-15-44)28(11-12-32(34)46)23-4-2-1-3-5-23/h1-6,11-13,18-19,21-22,26-27H,7-10,14-17,20H2,(H3-,40,42,46,47,48)/p+1/t26?,27?,45-/m1/s1. The number of nitrogens with two attached hydrogens (primary N) is 1. The third-order valence-electron chi connectivity index (χ3n) is 9.66. The Kier molecular flexibility index (Phi) is 9.54. The minimum absolute atomic E-state index is 0.0444.